The topological polar surface area (TPSA) is 87.0 Å². The number of fused-ring (bicyclic) bond motifs is 3. The molecule has 0 radical (unpaired) electrons. The first-order valence-electron chi connectivity index (χ1n) is 6.90. The molecule has 5 nitrogen and oxygen atoms in total. The molecule has 2 fully saturated rings. The first-order valence-corrected chi connectivity index (χ1v) is 6.90. The van der Waals surface area contributed by atoms with Crippen LogP contribution in [-0.4, -0.2) is 45.2 Å². The number of ether oxygens (including phenoxy) is 1. The Morgan fingerprint density at radius 2 is 2.05 bits per heavy atom. The highest BCUT2D eigenvalue weighted by atomic mass is 16.6. The highest BCUT2D eigenvalue weighted by molar-refractivity contribution is 5.91. The number of hydrogen-bond donors (Lipinski definition) is 3. The van der Waals surface area contributed by atoms with Gasteiger partial charge in [0.1, 0.15) is 6.10 Å². The Labute approximate surface area is 117 Å². The second-order valence-electron chi connectivity index (χ2n) is 6.50. The molecule has 1 saturated carbocycles. The minimum atomic E-state index is -1.23. The first kappa shape index (κ1) is 13.8. The fourth-order valence-corrected chi connectivity index (χ4v) is 4.24. The Morgan fingerprint density at radius 1 is 1.40 bits per heavy atom. The fourth-order valence-electron chi connectivity index (χ4n) is 4.24. The molecule has 0 spiro atoms. The third-order valence-electron chi connectivity index (χ3n) is 5.08. The standard InChI is InChI=1S/C15H20O5/c1-6-4-8(16)12-10(6)13-11(7(2)14(18)20-13)9(17)5-15(12,3)19/h4,8-13,16-17,19H,2,5H2,1,3H3/t8-,9+,10+,11-,12-,13-,15-/m1/s1. The molecule has 1 heterocycles. The van der Waals surface area contributed by atoms with Crippen molar-refractivity contribution in [1.82, 2.24) is 0 Å². The lowest BCUT2D eigenvalue weighted by atomic mass is 9.75. The zero-order valence-corrected chi connectivity index (χ0v) is 11.6. The van der Waals surface area contributed by atoms with Crippen LogP contribution in [0.15, 0.2) is 23.8 Å². The maximum absolute atomic E-state index is 11.8. The van der Waals surface area contributed by atoms with Gasteiger partial charge < -0.3 is 20.1 Å². The molecule has 0 aromatic rings. The molecule has 0 amide bonds. The summed E-state index contributed by atoms with van der Waals surface area (Å²) >= 11 is 0. The molecule has 0 bridgehead atoms. The van der Waals surface area contributed by atoms with Gasteiger partial charge in [-0.15, -0.1) is 0 Å². The molecule has 0 aromatic heterocycles. The second-order valence-corrected chi connectivity index (χ2v) is 6.50. The van der Waals surface area contributed by atoms with E-state index in [0.29, 0.717) is 0 Å². The summed E-state index contributed by atoms with van der Waals surface area (Å²) in [6.07, 6.45) is -0.471. The summed E-state index contributed by atoms with van der Waals surface area (Å²) in [6.45, 7) is 7.19. The zero-order valence-electron chi connectivity index (χ0n) is 11.6. The van der Waals surface area contributed by atoms with Gasteiger partial charge in [-0.25, -0.2) is 4.79 Å². The van der Waals surface area contributed by atoms with Crippen molar-refractivity contribution in [3.63, 3.8) is 0 Å². The molecule has 0 unspecified atom stereocenters. The Morgan fingerprint density at radius 3 is 2.70 bits per heavy atom. The minimum absolute atomic E-state index is 0.0865. The monoisotopic (exact) mass is 280 g/mol. The summed E-state index contributed by atoms with van der Waals surface area (Å²) in [5.74, 6) is -1.78. The maximum atomic E-state index is 11.8. The third kappa shape index (κ3) is 1.70. The van der Waals surface area contributed by atoms with Crippen LogP contribution in [0.5, 0.6) is 0 Å². The van der Waals surface area contributed by atoms with Crippen molar-refractivity contribution < 1.29 is 24.9 Å². The van der Waals surface area contributed by atoms with Gasteiger partial charge in [-0.2, -0.15) is 0 Å². The average molecular weight is 280 g/mol. The number of aliphatic hydroxyl groups excluding tert-OH is 2. The van der Waals surface area contributed by atoms with Crippen LogP contribution in [0.2, 0.25) is 0 Å². The van der Waals surface area contributed by atoms with Gasteiger partial charge in [-0.3, -0.25) is 0 Å². The van der Waals surface area contributed by atoms with Gasteiger partial charge in [0.15, 0.2) is 0 Å². The lowest BCUT2D eigenvalue weighted by Crippen LogP contribution is -2.45. The summed E-state index contributed by atoms with van der Waals surface area (Å²) in [5, 5.41) is 31.2. The lowest BCUT2D eigenvalue weighted by molar-refractivity contribution is -0.143. The largest absolute Gasteiger partial charge is 0.458 e. The van der Waals surface area contributed by atoms with Gasteiger partial charge >= 0.3 is 5.97 Å². The van der Waals surface area contributed by atoms with E-state index in [0.717, 1.165) is 5.57 Å². The average Bonchev–Trinajstić information content (AvgIpc) is 2.73. The van der Waals surface area contributed by atoms with E-state index in [-0.39, 0.29) is 17.9 Å². The molecule has 5 heteroatoms. The van der Waals surface area contributed by atoms with Crippen LogP contribution in [0.1, 0.15) is 20.3 Å². The molecule has 3 rings (SSSR count). The molecule has 3 aliphatic rings. The summed E-state index contributed by atoms with van der Waals surface area (Å²) in [5.41, 5.74) is -0.0862. The van der Waals surface area contributed by atoms with Crippen LogP contribution >= 0.6 is 0 Å². The molecule has 2 aliphatic carbocycles. The Kier molecular flexibility index (Phi) is 2.87. The van der Waals surface area contributed by atoms with Gasteiger partial charge in [-0.1, -0.05) is 18.2 Å². The quantitative estimate of drug-likeness (QED) is 0.334. The second kappa shape index (κ2) is 4.16. The van der Waals surface area contributed by atoms with Crippen LogP contribution < -0.4 is 0 Å². The van der Waals surface area contributed by atoms with Crippen molar-refractivity contribution in [1.29, 1.82) is 0 Å². The van der Waals surface area contributed by atoms with Crippen LogP contribution in [0.3, 0.4) is 0 Å². The van der Waals surface area contributed by atoms with Crippen molar-refractivity contribution in [3.8, 4) is 0 Å². The predicted molar refractivity (Wildman–Crippen MR) is 70.5 cm³/mol. The van der Waals surface area contributed by atoms with Crippen molar-refractivity contribution in [2.75, 3.05) is 0 Å². The van der Waals surface area contributed by atoms with Crippen molar-refractivity contribution in [3.05, 3.63) is 23.8 Å². The van der Waals surface area contributed by atoms with Gasteiger partial charge in [0.2, 0.25) is 0 Å². The van der Waals surface area contributed by atoms with Gasteiger partial charge in [-0.05, 0) is 13.8 Å². The molecular formula is C15H20O5. The Bertz CT molecular complexity index is 506. The predicted octanol–water partition coefficient (Wildman–Crippen LogP) is 0.153. The van der Waals surface area contributed by atoms with Crippen LogP contribution in [0, 0.1) is 17.8 Å². The van der Waals surface area contributed by atoms with E-state index >= 15 is 0 Å². The minimum Gasteiger partial charge on any atom is -0.458 e. The molecule has 1 saturated heterocycles. The summed E-state index contributed by atoms with van der Waals surface area (Å²) in [4.78, 5) is 11.8. The van der Waals surface area contributed by atoms with Crippen LogP contribution in [0.4, 0.5) is 0 Å². The number of rotatable bonds is 0. The lowest BCUT2D eigenvalue weighted by Gasteiger charge is -2.36. The summed E-state index contributed by atoms with van der Waals surface area (Å²) < 4.78 is 5.39. The highest BCUT2D eigenvalue weighted by Crippen LogP contribution is 2.52. The van der Waals surface area contributed by atoms with Crippen LogP contribution in [-0.2, 0) is 9.53 Å². The van der Waals surface area contributed by atoms with Crippen molar-refractivity contribution in [2.24, 2.45) is 17.8 Å². The normalized spacial score (nSPS) is 51.1. The molecule has 20 heavy (non-hydrogen) atoms. The van der Waals surface area contributed by atoms with E-state index in [1.54, 1.807) is 13.0 Å². The molecule has 0 aromatic carbocycles. The highest BCUT2D eigenvalue weighted by Gasteiger charge is 2.59. The van der Waals surface area contributed by atoms with Crippen molar-refractivity contribution in [2.45, 2.75) is 44.2 Å². The smallest absolute Gasteiger partial charge is 0.334 e. The number of hydrogen-bond acceptors (Lipinski definition) is 5. The molecule has 1 aliphatic heterocycles. The zero-order chi connectivity index (χ0) is 14.8. The SMILES string of the molecule is C=C1C(=O)O[C@@H]2[C@H]3C(C)=C[C@@H](O)[C@H]3[C@](C)(O)C[C@H](O)[C@@H]12. The molecule has 110 valence electrons. The van der Waals surface area contributed by atoms with E-state index in [4.69, 9.17) is 4.74 Å². The van der Waals surface area contributed by atoms with E-state index in [9.17, 15) is 20.1 Å². The van der Waals surface area contributed by atoms with E-state index in [2.05, 4.69) is 6.58 Å². The van der Waals surface area contributed by atoms with Gasteiger partial charge in [0.25, 0.3) is 0 Å². The van der Waals surface area contributed by atoms with E-state index in [1.807, 2.05) is 6.92 Å². The van der Waals surface area contributed by atoms with Gasteiger partial charge in [0, 0.05) is 23.8 Å². The summed E-state index contributed by atoms with van der Waals surface area (Å²) in [7, 11) is 0. The summed E-state index contributed by atoms with van der Waals surface area (Å²) in [6, 6.07) is 0. The Hall–Kier alpha value is -1.17. The first-order chi connectivity index (χ1) is 9.24. The van der Waals surface area contributed by atoms with E-state index < -0.39 is 41.7 Å². The van der Waals surface area contributed by atoms with E-state index in [1.165, 1.54) is 0 Å². The number of esters is 1. The molecular weight excluding hydrogens is 260 g/mol. The molecule has 7 atom stereocenters. The Balaban J connectivity index is 2.09. The van der Waals surface area contributed by atoms with Gasteiger partial charge in [0.05, 0.1) is 23.7 Å². The number of carbonyl (C=O) groups excluding carboxylic acids is 1. The maximum Gasteiger partial charge on any atom is 0.334 e. The third-order valence-corrected chi connectivity index (χ3v) is 5.08. The van der Waals surface area contributed by atoms with Crippen LogP contribution in [0.25, 0.3) is 0 Å². The molecule has 3 N–H and O–H groups in total. The fraction of sp³-hybridized carbons (Fsp3) is 0.667. The number of carbonyl (C=O) groups is 1. The number of aliphatic hydroxyl groups is 3. The van der Waals surface area contributed by atoms with Crippen molar-refractivity contribution >= 4 is 5.97 Å².